The lowest BCUT2D eigenvalue weighted by molar-refractivity contribution is -0.106. The van der Waals surface area contributed by atoms with Crippen molar-refractivity contribution in [3.63, 3.8) is 0 Å². The van der Waals surface area contributed by atoms with E-state index in [0.717, 1.165) is 16.6 Å². The van der Waals surface area contributed by atoms with Gasteiger partial charge in [-0.3, -0.25) is 4.98 Å². The molecule has 10 heteroatoms. The maximum Gasteiger partial charge on any atom is 0.404 e. The molecule has 0 saturated carbocycles. The molecule has 0 aliphatic heterocycles. The number of benzene rings is 1. The fraction of sp³-hybridized carbons (Fsp3) is 0.235. The van der Waals surface area contributed by atoms with Gasteiger partial charge >= 0.3 is 6.18 Å². The van der Waals surface area contributed by atoms with E-state index in [2.05, 4.69) is 4.98 Å². The van der Waals surface area contributed by atoms with Crippen molar-refractivity contribution in [2.75, 3.05) is 5.75 Å². The molecule has 0 saturated heterocycles. The van der Waals surface area contributed by atoms with Gasteiger partial charge in [-0.25, -0.2) is 13.1 Å². The molecular weight excluding hydrogens is 403 g/mol. The normalized spacial score (nSPS) is 12.6. The Hall–Kier alpha value is -2.10. The first-order chi connectivity index (χ1) is 12.5. The summed E-state index contributed by atoms with van der Waals surface area (Å²) in [6.45, 7) is -0.283. The van der Waals surface area contributed by atoms with E-state index in [1.807, 2.05) is 34.5 Å². The summed E-state index contributed by atoms with van der Waals surface area (Å²) in [6, 6.07) is 9.09. The van der Waals surface area contributed by atoms with Crippen LogP contribution in [0.1, 0.15) is 5.56 Å². The Bertz CT molecular complexity index is 1090. The van der Waals surface area contributed by atoms with E-state index in [4.69, 9.17) is 11.6 Å². The first-order valence-corrected chi connectivity index (χ1v) is 9.80. The van der Waals surface area contributed by atoms with Gasteiger partial charge in [0.2, 0.25) is 10.0 Å². The summed E-state index contributed by atoms with van der Waals surface area (Å²) in [7, 11) is -2.62. The second kappa shape index (κ2) is 7.14. The highest BCUT2D eigenvalue weighted by Gasteiger charge is 2.34. The lowest BCUT2D eigenvalue weighted by Crippen LogP contribution is -2.33. The van der Waals surface area contributed by atoms with E-state index < -0.39 is 22.0 Å². The van der Waals surface area contributed by atoms with Crippen molar-refractivity contribution in [3.05, 3.63) is 53.3 Å². The van der Waals surface area contributed by atoms with Gasteiger partial charge in [0.05, 0.1) is 5.69 Å². The van der Waals surface area contributed by atoms with Gasteiger partial charge in [0.15, 0.2) is 5.75 Å². The third-order valence-corrected chi connectivity index (χ3v) is 5.47. The summed E-state index contributed by atoms with van der Waals surface area (Å²) in [5.74, 6) is -1.92. The van der Waals surface area contributed by atoms with Crippen LogP contribution in [0.25, 0.3) is 22.2 Å². The number of fused-ring (bicyclic) bond motifs is 1. The van der Waals surface area contributed by atoms with Gasteiger partial charge in [-0.2, -0.15) is 13.2 Å². The first kappa shape index (κ1) is 19.7. The minimum absolute atomic E-state index is 0.283. The molecule has 5 nitrogen and oxygen atoms in total. The van der Waals surface area contributed by atoms with Gasteiger partial charge in [0.1, 0.15) is 0 Å². The average molecular weight is 418 g/mol. The average Bonchev–Trinajstić information content (AvgIpc) is 2.88. The Kier molecular flexibility index (Phi) is 5.20. The lowest BCUT2D eigenvalue weighted by atomic mass is 10.1. The zero-order chi connectivity index (χ0) is 19.8. The second-order valence-corrected chi connectivity index (χ2v) is 8.31. The van der Waals surface area contributed by atoms with Crippen LogP contribution in [0.15, 0.2) is 42.7 Å². The molecule has 27 heavy (non-hydrogen) atoms. The van der Waals surface area contributed by atoms with Crippen LogP contribution < -0.4 is 4.72 Å². The van der Waals surface area contributed by atoms with Crippen molar-refractivity contribution >= 4 is 32.5 Å². The van der Waals surface area contributed by atoms with Gasteiger partial charge in [-0.15, -0.1) is 0 Å². The summed E-state index contributed by atoms with van der Waals surface area (Å²) in [5.41, 5.74) is 2.88. The van der Waals surface area contributed by atoms with E-state index in [0.29, 0.717) is 16.1 Å². The maximum absolute atomic E-state index is 12.3. The molecule has 0 bridgehead atoms. The molecule has 2 aromatic heterocycles. The van der Waals surface area contributed by atoms with Gasteiger partial charge in [0, 0.05) is 47.5 Å². The SMILES string of the molecule is Cn1c(-c2cncc(CNS(=O)(=O)CC(F)(F)F)c2)cc2ccc(Cl)cc21. The number of nitrogens with zero attached hydrogens (tertiary/aromatic N) is 2. The van der Waals surface area contributed by atoms with Crippen LogP contribution in [0, 0.1) is 0 Å². The fourth-order valence-corrected chi connectivity index (χ4v) is 3.85. The van der Waals surface area contributed by atoms with Crippen molar-refractivity contribution in [1.29, 1.82) is 0 Å². The zero-order valence-corrected chi connectivity index (χ0v) is 15.7. The molecule has 0 amide bonds. The Labute approximate surface area is 158 Å². The quantitative estimate of drug-likeness (QED) is 0.685. The van der Waals surface area contributed by atoms with E-state index in [-0.39, 0.29) is 6.54 Å². The van der Waals surface area contributed by atoms with Gasteiger partial charge in [0.25, 0.3) is 0 Å². The predicted octanol–water partition coefficient (Wildman–Crippen LogP) is 3.88. The number of nitrogens with one attached hydrogen (secondary N) is 1. The Morgan fingerprint density at radius 1 is 1.19 bits per heavy atom. The molecule has 3 rings (SSSR count). The molecule has 0 aliphatic rings. The lowest BCUT2D eigenvalue weighted by Gasteiger charge is -2.10. The van der Waals surface area contributed by atoms with E-state index >= 15 is 0 Å². The zero-order valence-electron chi connectivity index (χ0n) is 14.1. The van der Waals surface area contributed by atoms with Crippen molar-refractivity contribution in [3.8, 4) is 11.3 Å². The molecule has 2 heterocycles. The number of halogens is 4. The number of hydrogen-bond acceptors (Lipinski definition) is 3. The van der Waals surface area contributed by atoms with Crippen LogP contribution in [0.2, 0.25) is 5.02 Å². The second-order valence-electron chi connectivity index (χ2n) is 6.07. The Morgan fingerprint density at radius 3 is 2.63 bits per heavy atom. The minimum atomic E-state index is -4.80. The monoisotopic (exact) mass is 417 g/mol. The maximum atomic E-state index is 12.3. The Morgan fingerprint density at radius 2 is 1.93 bits per heavy atom. The summed E-state index contributed by atoms with van der Waals surface area (Å²) in [5, 5.41) is 1.56. The van der Waals surface area contributed by atoms with E-state index in [1.54, 1.807) is 18.3 Å². The summed E-state index contributed by atoms with van der Waals surface area (Å²) in [4.78, 5) is 4.07. The summed E-state index contributed by atoms with van der Waals surface area (Å²) < 4.78 is 63.8. The number of hydrogen-bond donors (Lipinski definition) is 1. The molecule has 0 fully saturated rings. The van der Waals surface area contributed by atoms with Crippen molar-refractivity contribution in [1.82, 2.24) is 14.3 Å². The van der Waals surface area contributed by atoms with Crippen molar-refractivity contribution < 1.29 is 21.6 Å². The third-order valence-electron chi connectivity index (χ3n) is 3.95. The molecule has 0 unspecified atom stereocenters. The van der Waals surface area contributed by atoms with Crippen molar-refractivity contribution in [2.24, 2.45) is 7.05 Å². The van der Waals surface area contributed by atoms with Crippen LogP contribution in [0.3, 0.4) is 0 Å². The van der Waals surface area contributed by atoms with Crippen LogP contribution in [-0.2, 0) is 23.6 Å². The van der Waals surface area contributed by atoms with Crippen LogP contribution in [-0.4, -0.2) is 29.9 Å². The molecule has 0 atom stereocenters. The topological polar surface area (TPSA) is 64.0 Å². The predicted molar refractivity (Wildman–Crippen MR) is 97.8 cm³/mol. The third kappa shape index (κ3) is 4.79. The molecule has 0 spiro atoms. The van der Waals surface area contributed by atoms with Gasteiger partial charge in [-0.1, -0.05) is 17.7 Å². The van der Waals surface area contributed by atoms with Crippen LogP contribution >= 0.6 is 11.6 Å². The van der Waals surface area contributed by atoms with E-state index in [9.17, 15) is 21.6 Å². The first-order valence-electron chi connectivity index (χ1n) is 7.77. The number of alkyl halides is 3. The molecule has 1 aromatic carbocycles. The molecule has 0 radical (unpaired) electrons. The Balaban J connectivity index is 1.85. The highest BCUT2D eigenvalue weighted by Crippen LogP contribution is 2.29. The number of rotatable bonds is 5. The number of sulfonamides is 1. The molecule has 144 valence electrons. The van der Waals surface area contributed by atoms with Gasteiger partial charge < -0.3 is 4.57 Å². The van der Waals surface area contributed by atoms with Crippen molar-refractivity contribution in [2.45, 2.75) is 12.7 Å². The highest BCUT2D eigenvalue weighted by molar-refractivity contribution is 7.89. The molecular formula is C17H15ClF3N3O2S. The smallest absolute Gasteiger partial charge is 0.344 e. The molecule has 3 aromatic rings. The standard InChI is InChI=1S/C17H15ClF3N3O2S/c1-24-15(5-12-2-3-14(18)6-16(12)24)13-4-11(7-22-9-13)8-23-27(25,26)10-17(19,20)21/h2-7,9,23H,8,10H2,1H3. The molecule has 1 N–H and O–H groups in total. The number of aryl methyl sites for hydroxylation is 1. The largest absolute Gasteiger partial charge is 0.404 e. The number of aromatic nitrogens is 2. The fourth-order valence-electron chi connectivity index (χ4n) is 2.76. The van der Waals surface area contributed by atoms with Crippen LogP contribution in [0.5, 0.6) is 0 Å². The summed E-state index contributed by atoms with van der Waals surface area (Å²) in [6.07, 6.45) is -1.79. The number of pyridine rings is 1. The van der Waals surface area contributed by atoms with E-state index in [1.165, 1.54) is 6.20 Å². The minimum Gasteiger partial charge on any atom is -0.344 e. The highest BCUT2D eigenvalue weighted by atomic mass is 35.5. The van der Waals surface area contributed by atoms with Crippen LogP contribution in [0.4, 0.5) is 13.2 Å². The van der Waals surface area contributed by atoms with Gasteiger partial charge in [-0.05, 0) is 29.8 Å². The summed E-state index contributed by atoms with van der Waals surface area (Å²) >= 11 is 6.03. The molecule has 0 aliphatic carbocycles.